The number of hydrogen-bond acceptors (Lipinski definition) is 7. The second-order valence-electron chi connectivity index (χ2n) is 4.93. The molecule has 0 aliphatic heterocycles. The second kappa shape index (κ2) is 5.13. The lowest BCUT2D eigenvalue weighted by molar-refractivity contribution is 0.404. The largest absolute Gasteiger partial charge is 0.508 e. The van der Waals surface area contributed by atoms with Crippen LogP contribution in [0.3, 0.4) is 0 Å². The first kappa shape index (κ1) is 14.6. The Bertz CT molecular complexity index is 976. The van der Waals surface area contributed by atoms with Crippen molar-refractivity contribution in [2.24, 2.45) is 0 Å². The van der Waals surface area contributed by atoms with E-state index in [4.69, 9.17) is 4.42 Å². The fourth-order valence-corrected chi connectivity index (χ4v) is 2.38. The van der Waals surface area contributed by atoms with Crippen molar-refractivity contribution in [2.75, 3.05) is 12.4 Å². The summed E-state index contributed by atoms with van der Waals surface area (Å²) in [5.41, 5.74) is -0.113. The van der Waals surface area contributed by atoms with Gasteiger partial charge in [0.25, 0.3) is 0 Å². The van der Waals surface area contributed by atoms with Gasteiger partial charge in [-0.15, -0.1) is 0 Å². The zero-order valence-electron chi connectivity index (χ0n) is 12.0. The minimum atomic E-state index is -0.520. The Kier molecular flexibility index (Phi) is 3.25. The first-order chi connectivity index (χ1) is 10.9. The van der Waals surface area contributed by atoms with Gasteiger partial charge in [-0.3, -0.25) is 4.79 Å². The number of phenolic OH excluding ortho intramolecular Hbond substituents is 4. The summed E-state index contributed by atoms with van der Waals surface area (Å²) in [5, 5.41) is 41.1. The Hall–Kier alpha value is -3.35. The Morgan fingerprint density at radius 3 is 2.35 bits per heavy atom. The zero-order chi connectivity index (χ0) is 16.7. The summed E-state index contributed by atoms with van der Waals surface area (Å²) in [6, 6.07) is 6.21. The first-order valence-electron chi connectivity index (χ1n) is 6.65. The monoisotopic (exact) mass is 315 g/mol. The van der Waals surface area contributed by atoms with Crippen molar-refractivity contribution < 1.29 is 24.8 Å². The third kappa shape index (κ3) is 2.28. The molecule has 0 spiro atoms. The third-order valence-corrected chi connectivity index (χ3v) is 3.45. The highest BCUT2D eigenvalue weighted by atomic mass is 16.3. The maximum absolute atomic E-state index is 12.6. The van der Waals surface area contributed by atoms with Gasteiger partial charge in [0.2, 0.25) is 5.43 Å². The molecule has 118 valence electrons. The summed E-state index contributed by atoms with van der Waals surface area (Å²) in [6.45, 7) is 0. The molecule has 5 N–H and O–H groups in total. The van der Waals surface area contributed by atoms with Crippen molar-refractivity contribution in [3.63, 3.8) is 0 Å². The number of phenols is 4. The smallest absolute Gasteiger partial charge is 0.220 e. The molecular formula is C16H13NO6. The van der Waals surface area contributed by atoms with Crippen LogP contribution in [0.15, 0.2) is 39.5 Å². The molecule has 7 nitrogen and oxygen atoms in total. The first-order valence-corrected chi connectivity index (χ1v) is 6.65. The SMILES string of the molecule is CNc1c(-c2ccc(O)c(O)c2)oc2cc(O)cc(O)c2c1=O. The second-order valence-corrected chi connectivity index (χ2v) is 4.93. The summed E-state index contributed by atoms with van der Waals surface area (Å²) >= 11 is 0. The normalized spacial score (nSPS) is 10.8. The molecule has 7 heteroatoms. The molecule has 1 aromatic heterocycles. The molecule has 0 saturated carbocycles. The van der Waals surface area contributed by atoms with Crippen LogP contribution in [0.25, 0.3) is 22.3 Å². The molecule has 0 fully saturated rings. The maximum atomic E-state index is 12.6. The summed E-state index contributed by atoms with van der Waals surface area (Å²) in [4.78, 5) is 12.6. The van der Waals surface area contributed by atoms with Gasteiger partial charge >= 0.3 is 0 Å². The van der Waals surface area contributed by atoms with Gasteiger partial charge in [0.15, 0.2) is 17.3 Å². The lowest BCUT2D eigenvalue weighted by Crippen LogP contribution is -2.10. The van der Waals surface area contributed by atoms with E-state index >= 15 is 0 Å². The van der Waals surface area contributed by atoms with Crippen molar-refractivity contribution >= 4 is 16.7 Å². The van der Waals surface area contributed by atoms with Gasteiger partial charge in [0.05, 0.1) is 0 Å². The number of benzene rings is 2. The fourth-order valence-electron chi connectivity index (χ4n) is 2.38. The highest BCUT2D eigenvalue weighted by molar-refractivity contribution is 5.91. The van der Waals surface area contributed by atoms with Crippen LogP contribution in [0.1, 0.15) is 0 Å². The molecule has 0 aliphatic rings. The number of nitrogens with one attached hydrogen (secondary N) is 1. The van der Waals surface area contributed by atoms with E-state index in [0.29, 0.717) is 5.56 Å². The Labute approximate surface area is 129 Å². The Morgan fingerprint density at radius 2 is 1.70 bits per heavy atom. The standard InChI is InChI=1S/C16H13NO6/c1-17-14-15(22)13-11(21)5-8(18)6-12(13)23-16(14)7-2-3-9(19)10(20)4-7/h2-6,17-21H,1H3. The van der Waals surface area contributed by atoms with Crippen molar-refractivity contribution in [3.8, 4) is 34.3 Å². The van der Waals surface area contributed by atoms with E-state index in [0.717, 1.165) is 6.07 Å². The van der Waals surface area contributed by atoms with E-state index in [9.17, 15) is 25.2 Å². The molecule has 23 heavy (non-hydrogen) atoms. The van der Waals surface area contributed by atoms with Crippen molar-refractivity contribution in [2.45, 2.75) is 0 Å². The molecular weight excluding hydrogens is 302 g/mol. The van der Waals surface area contributed by atoms with Crippen LogP contribution in [0, 0.1) is 0 Å². The van der Waals surface area contributed by atoms with E-state index in [2.05, 4.69) is 5.32 Å². The highest BCUT2D eigenvalue weighted by Gasteiger charge is 2.19. The van der Waals surface area contributed by atoms with Crippen molar-refractivity contribution in [1.82, 2.24) is 0 Å². The van der Waals surface area contributed by atoms with Crippen LogP contribution in [-0.4, -0.2) is 27.5 Å². The predicted molar refractivity (Wildman–Crippen MR) is 84.1 cm³/mol. The number of anilines is 1. The number of hydrogen-bond donors (Lipinski definition) is 5. The van der Waals surface area contributed by atoms with E-state index in [1.54, 1.807) is 0 Å². The van der Waals surface area contributed by atoms with Gasteiger partial charge < -0.3 is 30.2 Å². The fraction of sp³-hybridized carbons (Fsp3) is 0.0625. The van der Waals surface area contributed by atoms with E-state index in [1.165, 1.54) is 31.3 Å². The molecule has 0 radical (unpaired) electrons. The van der Waals surface area contributed by atoms with Gasteiger partial charge in [-0.25, -0.2) is 0 Å². The van der Waals surface area contributed by atoms with Crippen LogP contribution >= 0.6 is 0 Å². The quantitative estimate of drug-likeness (QED) is 0.460. The number of rotatable bonds is 2. The predicted octanol–water partition coefficient (Wildman–Crippen LogP) is 2.32. The molecule has 0 amide bonds. The van der Waals surface area contributed by atoms with Crippen LogP contribution in [0.5, 0.6) is 23.0 Å². The van der Waals surface area contributed by atoms with Gasteiger partial charge in [-0.05, 0) is 18.2 Å². The highest BCUT2D eigenvalue weighted by Crippen LogP contribution is 2.37. The average Bonchev–Trinajstić information content (AvgIpc) is 2.49. The molecule has 3 rings (SSSR count). The van der Waals surface area contributed by atoms with Crippen LogP contribution in [-0.2, 0) is 0 Å². The summed E-state index contributed by atoms with van der Waals surface area (Å²) in [5.74, 6) is -1.23. The van der Waals surface area contributed by atoms with Crippen LogP contribution < -0.4 is 10.7 Å². The molecule has 0 unspecified atom stereocenters. The molecule has 0 bridgehead atoms. The summed E-state index contributed by atoms with van der Waals surface area (Å²) < 4.78 is 5.63. The minimum Gasteiger partial charge on any atom is -0.508 e. The summed E-state index contributed by atoms with van der Waals surface area (Å²) in [6.07, 6.45) is 0. The molecule has 3 aromatic rings. The lowest BCUT2D eigenvalue weighted by Gasteiger charge is -2.11. The topological polar surface area (TPSA) is 123 Å². The molecule has 0 atom stereocenters. The van der Waals surface area contributed by atoms with Crippen LogP contribution in [0.4, 0.5) is 5.69 Å². The number of aromatic hydroxyl groups is 4. The van der Waals surface area contributed by atoms with Gasteiger partial charge in [-0.2, -0.15) is 0 Å². The van der Waals surface area contributed by atoms with Crippen molar-refractivity contribution in [3.05, 3.63) is 40.6 Å². The molecule has 1 heterocycles. The van der Waals surface area contributed by atoms with Gasteiger partial charge in [-0.1, -0.05) is 0 Å². The average molecular weight is 315 g/mol. The van der Waals surface area contributed by atoms with E-state index in [-0.39, 0.29) is 39.7 Å². The maximum Gasteiger partial charge on any atom is 0.220 e. The zero-order valence-corrected chi connectivity index (χ0v) is 12.0. The summed E-state index contributed by atoms with van der Waals surface area (Å²) in [7, 11) is 1.51. The van der Waals surface area contributed by atoms with Gasteiger partial charge in [0, 0.05) is 24.7 Å². The molecule has 0 saturated heterocycles. The third-order valence-electron chi connectivity index (χ3n) is 3.45. The molecule has 0 aliphatic carbocycles. The van der Waals surface area contributed by atoms with Crippen molar-refractivity contribution in [1.29, 1.82) is 0 Å². The molecule has 2 aromatic carbocycles. The minimum absolute atomic E-state index is 0.00550. The van der Waals surface area contributed by atoms with E-state index in [1.807, 2.05) is 0 Å². The lowest BCUT2D eigenvalue weighted by atomic mass is 10.1. The Morgan fingerprint density at radius 1 is 0.957 bits per heavy atom. The van der Waals surface area contributed by atoms with Gasteiger partial charge in [0.1, 0.15) is 28.2 Å². The number of fused-ring (bicyclic) bond motifs is 1. The Balaban J connectivity index is 2.40. The van der Waals surface area contributed by atoms with Crippen LogP contribution in [0.2, 0.25) is 0 Å². The van der Waals surface area contributed by atoms with E-state index < -0.39 is 11.2 Å².